The van der Waals surface area contributed by atoms with E-state index in [1.165, 1.54) is 0 Å². The van der Waals surface area contributed by atoms with Crippen LogP contribution < -0.4 is 10.0 Å². The average Bonchev–Trinajstić information content (AvgIpc) is 2.41. The van der Waals surface area contributed by atoms with Crippen molar-refractivity contribution in [2.24, 2.45) is 11.8 Å². The lowest BCUT2D eigenvalue weighted by Gasteiger charge is -2.34. The fraction of sp³-hybridized carbons (Fsp3) is 0.923. The zero-order valence-electron chi connectivity index (χ0n) is 12.7. The topological polar surface area (TPSA) is 78.5 Å². The van der Waals surface area contributed by atoms with Gasteiger partial charge in [-0.1, -0.05) is 13.8 Å². The summed E-state index contributed by atoms with van der Waals surface area (Å²) in [6.45, 7) is 7.36. The maximum atomic E-state index is 12.3. The van der Waals surface area contributed by atoms with Crippen LogP contribution >= 0.6 is 0 Å². The largest absolute Gasteiger partial charge is 0.342 e. The van der Waals surface area contributed by atoms with Gasteiger partial charge in [-0.15, -0.1) is 0 Å². The number of nitrogens with one attached hydrogen (secondary N) is 2. The van der Waals surface area contributed by atoms with Gasteiger partial charge in [-0.25, -0.2) is 13.1 Å². The first-order valence-corrected chi connectivity index (χ1v) is 9.16. The molecule has 1 heterocycles. The van der Waals surface area contributed by atoms with Gasteiger partial charge in [0.1, 0.15) is 0 Å². The predicted molar refractivity (Wildman–Crippen MR) is 79.9 cm³/mol. The van der Waals surface area contributed by atoms with E-state index in [-0.39, 0.29) is 17.7 Å². The number of nitrogens with zero attached hydrogens (tertiary/aromatic N) is 1. The molecule has 0 saturated carbocycles. The summed E-state index contributed by atoms with van der Waals surface area (Å²) in [6.07, 6.45) is 3.07. The maximum absolute atomic E-state index is 12.3. The first-order valence-electron chi connectivity index (χ1n) is 7.27. The van der Waals surface area contributed by atoms with Crippen LogP contribution in [0.1, 0.15) is 26.7 Å². The van der Waals surface area contributed by atoms with Crippen molar-refractivity contribution in [1.29, 1.82) is 0 Å². The Hall–Kier alpha value is -0.660. The van der Waals surface area contributed by atoms with E-state index in [1.807, 2.05) is 18.7 Å². The van der Waals surface area contributed by atoms with Gasteiger partial charge in [0.05, 0.1) is 6.26 Å². The van der Waals surface area contributed by atoms with Gasteiger partial charge >= 0.3 is 0 Å². The number of carbonyl (C=O) groups excluding carboxylic acids is 1. The van der Waals surface area contributed by atoms with Crippen LogP contribution in [0.15, 0.2) is 0 Å². The Bertz CT molecular complexity index is 411. The van der Waals surface area contributed by atoms with Crippen LogP contribution in [0.4, 0.5) is 0 Å². The Kier molecular flexibility index (Phi) is 6.91. The predicted octanol–water partition coefficient (Wildman–Crippen LogP) is 0.0198. The van der Waals surface area contributed by atoms with E-state index in [4.69, 9.17) is 0 Å². The lowest BCUT2D eigenvalue weighted by Crippen LogP contribution is -2.46. The number of amides is 1. The number of piperidine rings is 1. The Morgan fingerprint density at radius 2 is 2.15 bits per heavy atom. The summed E-state index contributed by atoms with van der Waals surface area (Å²) in [6, 6.07) is 0. The molecule has 6 nitrogen and oxygen atoms in total. The quantitative estimate of drug-likeness (QED) is 0.695. The molecule has 0 aromatic rings. The summed E-state index contributed by atoms with van der Waals surface area (Å²) in [5.41, 5.74) is 0. The van der Waals surface area contributed by atoms with Crippen LogP contribution in [0.5, 0.6) is 0 Å². The van der Waals surface area contributed by atoms with Crippen molar-refractivity contribution in [1.82, 2.24) is 14.9 Å². The molecule has 0 aromatic heterocycles. The standard InChI is InChI=1S/C13H27N3O3S/c1-4-14-8-11(2)13(17)16-7-5-6-12(10-16)9-15-20(3,18)19/h11-12,14-15H,4-10H2,1-3H3. The number of likely N-dealkylation sites (tertiary alicyclic amines) is 1. The molecule has 0 radical (unpaired) electrons. The molecule has 7 heteroatoms. The fourth-order valence-electron chi connectivity index (χ4n) is 2.46. The molecule has 0 bridgehead atoms. The van der Waals surface area contributed by atoms with Crippen molar-refractivity contribution in [3.63, 3.8) is 0 Å². The van der Waals surface area contributed by atoms with E-state index < -0.39 is 10.0 Å². The third-order valence-electron chi connectivity index (χ3n) is 3.59. The molecular weight excluding hydrogens is 278 g/mol. The minimum atomic E-state index is -3.15. The van der Waals surface area contributed by atoms with Gasteiger partial charge in [-0.05, 0) is 25.3 Å². The number of hydrogen-bond donors (Lipinski definition) is 2. The van der Waals surface area contributed by atoms with Gasteiger partial charge in [0.25, 0.3) is 0 Å². The summed E-state index contributed by atoms with van der Waals surface area (Å²) < 4.78 is 24.8. The SMILES string of the molecule is CCNCC(C)C(=O)N1CCCC(CNS(C)(=O)=O)C1. The van der Waals surface area contributed by atoms with Crippen molar-refractivity contribution in [3.05, 3.63) is 0 Å². The van der Waals surface area contributed by atoms with Crippen LogP contribution in [0.25, 0.3) is 0 Å². The molecule has 1 fully saturated rings. The highest BCUT2D eigenvalue weighted by Gasteiger charge is 2.26. The zero-order valence-corrected chi connectivity index (χ0v) is 13.5. The highest BCUT2D eigenvalue weighted by atomic mass is 32.2. The van der Waals surface area contributed by atoms with E-state index in [1.54, 1.807) is 0 Å². The lowest BCUT2D eigenvalue weighted by atomic mass is 9.97. The van der Waals surface area contributed by atoms with Crippen LogP contribution in [0, 0.1) is 11.8 Å². The van der Waals surface area contributed by atoms with Crippen molar-refractivity contribution >= 4 is 15.9 Å². The second-order valence-electron chi connectivity index (χ2n) is 5.62. The van der Waals surface area contributed by atoms with Gasteiger partial charge in [-0.2, -0.15) is 0 Å². The molecule has 0 spiro atoms. The molecule has 1 amide bonds. The van der Waals surface area contributed by atoms with Gasteiger partial charge in [0, 0.05) is 32.1 Å². The first kappa shape index (κ1) is 17.4. The molecular formula is C13H27N3O3S. The molecule has 2 atom stereocenters. The summed E-state index contributed by atoms with van der Waals surface area (Å²) >= 11 is 0. The van der Waals surface area contributed by atoms with E-state index >= 15 is 0 Å². The second-order valence-corrected chi connectivity index (χ2v) is 7.45. The first-order chi connectivity index (χ1) is 9.33. The van der Waals surface area contributed by atoms with E-state index in [2.05, 4.69) is 10.0 Å². The zero-order chi connectivity index (χ0) is 15.2. The summed E-state index contributed by atoms with van der Waals surface area (Å²) in [5, 5.41) is 3.19. The minimum absolute atomic E-state index is 0.0310. The van der Waals surface area contributed by atoms with E-state index in [9.17, 15) is 13.2 Å². The average molecular weight is 305 g/mol. The Labute approximate surface area is 122 Å². The second kappa shape index (κ2) is 7.95. The van der Waals surface area contributed by atoms with Crippen molar-refractivity contribution in [2.45, 2.75) is 26.7 Å². The van der Waals surface area contributed by atoms with E-state index in [0.29, 0.717) is 19.6 Å². The third kappa shape index (κ3) is 6.19. The maximum Gasteiger partial charge on any atom is 0.226 e. The van der Waals surface area contributed by atoms with Gasteiger partial charge in [0.2, 0.25) is 15.9 Å². The highest BCUT2D eigenvalue weighted by molar-refractivity contribution is 7.88. The molecule has 0 aliphatic carbocycles. The van der Waals surface area contributed by atoms with Crippen molar-refractivity contribution in [3.8, 4) is 0 Å². The summed E-state index contributed by atoms with van der Waals surface area (Å²) in [4.78, 5) is 14.2. The Morgan fingerprint density at radius 1 is 1.45 bits per heavy atom. The molecule has 2 N–H and O–H groups in total. The molecule has 1 rings (SSSR count). The van der Waals surface area contributed by atoms with Crippen LogP contribution in [0.3, 0.4) is 0 Å². The Balaban J connectivity index is 2.45. The normalized spacial score (nSPS) is 21.8. The molecule has 2 unspecified atom stereocenters. The summed E-state index contributed by atoms with van der Waals surface area (Å²) in [5.74, 6) is 0.348. The summed E-state index contributed by atoms with van der Waals surface area (Å²) in [7, 11) is -3.15. The van der Waals surface area contributed by atoms with Crippen molar-refractivity contribution in [2.75, 3.05) is 39.0 Å². The molecule has 1 saturated heterocycles. The fourth-order valence-corrected chi connectivity index (χ4v) is 3.00. The molecule has 1 aliphatic heterocycles. The molecule has 118 valence electrons. The van der Waals surface area contributed by atoms with Gasteiger partial charge < -0.3 is 10.2 Å². The number of hydrogen-bond acceptors (Lipinski definition) is 4. The lowest BCUT2D eigenvalue weighted by molar-refractivity contribution is -0.136. The van der Waals surface area contributed by atoms with Crippen LogP contribution in [-0.2, 0) is 14.8 Å². The monoisotopic (exact) mass is 305 g/mol. The van der Waals surface area contributed by atoms with Crippen molar-refractivity contribution < 1.29 is 13.2 Å². The third-order valence-corrected chi connectivity index (χ3v) is 4.28. The molecule has 1 aliphatic rings. The highest BCUT2D eigenvalue weighted by Crippen LogP contribution is 2.17. The smallest absolute Gasteiger partial charge is 0.226 e. The van der Waals surface area contributed by atoms with Gasteiger partial charge in [0.15, 0.2) is 0 Å². The van der Waals surface area contributed by atoms with Crippen LogP contribution in [-0.4, -0.2) is 58.2 Å². The van der Waals surface area contributed by atoms with Crippen LogP contribution in [0.2, 0.25) is 0 Å². The number of carbonyl (C=O) groups is 1. The number of sulfonamides is 1. The minimum Gasteiger partial charge on any atom is -0.342 e. The molecule has 20 heavy (non-hydrogen) atoms. The van der Waals surface area contributed by atoms with Gasteiger partial charge in [-0.3, -0.25) is 4.79 Å². The molecule has 0 aromatic carbocycles. The number of rotatable bonds is 7. The Morgan fingerprint density at radius 3 is 2.75 bits per heavy atom. The van der Waals surface area contributed by atoms with E-state index in [0.717, 1.165) is 32.2 Å².